The van der Waals surface area contributed by atoms with Gasteiger partial charge in [0.1, 0.15) is 0 Å². The third-order valence-corrected chi connectivity index (χ3v) is 4.53. The smallest absolute Gasteiger partial charge is 0.247 e. The van der Waals surface area contributed by atoms with Crippen molar-refractivity contribution in [3.05, 3.63) is 58.6 Å². The molecule has 4 nitrogen and oxygen atoms in total. The van der Waals surface area contributed by atoms with Crippen LogP contribution in [0.25, 0.3) is 11.5 Å². The summed E-state index contributed by atoms with van der Waals surface area (Å²) in [6.07, 6.45) is 0. The molecule has 0 aliphatic rings. The Balaban J connectivity index is 1.70. The van der Waals surface area contributed by atoms with Gasteiger partial charge in [0, 0.05) is 16.5 Å². The average Bonchev–Trinajstić information content (AvgIpc) is 3.19. The second-order valence-electron chi connectivity index (χ2n) is 4.97. The molecule has 2 heterocycles. The molecule has 1 aromatic carbocycles. The van der Waals surface area contributed by atoms with E-state index >= 15 is 0 Å². The summed E-state index contributed by atoms with van der Waals surface area (Å²) < 4.78 is 5.75. The van der Waals surface area contributed by atoms with E-state index in [1.54, 1.807) is 11.3 Å². The number of thiophene rings is 1. The Labute approximate surface area is 128 Å². The molecule has 0 radical (unpaired) electrons. The van der Waals surface area contributed by atoms with Gasteiger partial charge in [-0.2, -0.15) is 0 Å². The van der Waals surface area contributed by atoms with Gasteiger partial charge in [-0.15, -0.1) is 21.5 Å². The third-order valence-electron chi connectivity index (χ3n) is 3.49. The highest BCUT2D eigenvalue weighted by Gasteiger charge is 2.16. The third kappa shape index (κ3) is 3.20. The van der Waals surface area contributed by atoms with E-state index in [-0.39, 0.29) is 0 Å². The predicted octanol–water partition coefficient (Wildman–Crippen LogP) is 3.99. The zero-order valence-electron chi connectivity index (χ0n) is 12.1. The highest BCUT2D eigenvalue weighted by molar-refractivity contribution is 7.10. The summed E-state index contributed by atoms with van der Waals surface area (Å²) >= 11 is 1.76. The quantitative estimate of drug-likeness (QED) is 0.714. The Bertz CT molecular complexity index is 679. The van der Waals surface area contributed by atoms with Gasteiger partial charge in [-0.3, -0.25) is 4.90 Å². The number of aromatic nitrogens is 2. The summed E-state index contributed by atoms with van der Waals surface area (Å²) in [5.41, 5.74) is 0.949. The molecule has 0 saturated carbocycles. The van der Waals surface area contributed by atoms with Crippen molar-refractivity contribution in [2.45, 2.75) is 19.5 Å². The number of nitrogens with zero attached hydrogens (tertiary/aromatic N) is 3. The van der Waals surface area contributed by atoms with E-state index < -0.39 is 0 Å². The average molecular weight is 299 g/mol. The molecule has 0 N–H and O–H groups in total. The minimum Gasteiger partial charge on any atom is -0.419 e. The van der Waals surface area contributed by atoms with Crippen LogP contribution in [0.4, 0.5) is 0 Å². The second kappa shape index (κ2) is 6.20. The first kappa shape index (κ1) is 14.0. The van der Waals surface area contributed by atoms with E-state index in [2.05, 4.69) is 46.6 Å². The van der Waals surface area contributed by atoms with Gasteiger partial charge in [-0.1, -0.05) is 24.3 Å². The fraction of sp³-hybridized carbons (Fsp3) is 0.250. The van der Waals surface area contributed by atoms with Crippen molar-refractivity contribution in [3.63, 3.8) is 0 Å². The number of hydrogen-bond donors (Lipinski definition) is 0. The maximum atomic E-state index is 5.75. The molecule has 0 amide bonds. The normalized spacial score (nSPS) is 12.7. The van der Waals surface area contributed by atoms with E-state index in [0.29, 0.717) is 24.4 Å². The maximum absolute atomic E-state index is 5.75. The minimum atomic E-state index is 0.331. The molecule has 0 aliphatic carbocycles. The van der Waals surface area contributed by atoms with E-state index in [1.165, 1.54) is 4.88 Å². The molecular weight excluding hydrogens is 282 g/mol. The molecule has 1 unspecified atom stereocenters. The van der Waals surface area contributed by atoms with Gasteiger partial charge in [0.05, 0.1) is 6.54 Å². The van der Waals surface area contributed by atoms with Crippen molar-refractivity contribution in [2.24, 2.45) is 0 Å². The summed E-state index contributed by atoms with van der Waals surface area (Å²) in [4.78, 5) is 3.54. The molecular formula is C16H17N3OS. The molecule has 0 fully saturated rings. The Hall–Kier alpha value is -1.98. The maximum Gasteiger partial charge on any atom is 0.247 e. The van der Waals surface area contributed by atoms with Crippen molar-refractivity contribution >= 4 is 11.3 Å². The fourth-order valence-electron chi connectivity index (χ4n) is 2.11. The van der Waals surface area contributed by atoms with Crippen LogP contribution in [0.2, 0.25) is 0 Å². The number of benzene rings is 1. The second-order valence-corrected chi connectivity index (χ2v) is 5.95. The van der Waals surface area contributed by atoms with Gasteiger partial charge >= 0.3 is 0 Å². The molecule has 21 heavy (non-hydrogen) atoms. The molecule has 3 rings (SSSR count). The fourth-order valence-corrected chi connectivity index (χ4v) is 2.96. The zero-order valence-corrected chi connectivity index (χ0v) is 12.9. The lowest BCUT2D eigenvalue weighted by Crippen LogP contribution is -2.21. The Kier molecular flexibility index (Phi) is 4.13. The highest BCUT2D eigenvalue weighted by atomic mass is 32.1. The molecule has 108 valence electrons. The Morgan fingerprint density at radius 2 is 1.95 bits per heavy atom. The van der Waals surface area contributed by atoms with Crippen LogP contribution in [0.3, 0.4) is 0 Å². The Morgan fingerprint density at radius 1 is 1.14 bits per heavy atom. The van der Waals surface area contributed by atoms with Gasteiger partial charge in [-0.05, 0) is 37.6 Å². The summed E-state index contributed by atoms with van der Waals surface area (Å²) in [6, 6.07) is 14.4. The number of hydrogen-bond acceptors (Lipinski definition) is 5. The first-order valence-corrected chi connectivity index (χ1v) is 7.73. The van der Waals surface area contributed by atoms with Crippen molar-refractivity contribution in [1.82, 2.24) is 15.1 Å². The molecule has 3 aromatic rings. The van der Waals surface area contributed by atoms with Crippen LogP contribution in [-0.2, 0) is 6.54 Å². The van der Waals surface area contributed by atoms with Crippen LogP contribution in [0.1, 0.15) is 23.7 Å². The van der Waals surface area contributed by atoms with Gasteiger partial charge in [0.2, 0.25) is 11.8 Å². The van der Waals surface area contributed by atoms with Crippen LogP contribution in [-0.4, -0.2) is 22.1 Å². The molecule has 0 bridgehead atoms. The standard InChI is InChI=1S/C16H17N3OS/c1-12(14-9-6-10-21-14)19(2)11-15-17-18-16(20-15)13-7-4-3-5-8-13/h3-10,12H,11H2,1-2H3. The predicted molar refractivity (Wildman–Crippen MR) is 83.9 cm³/mol. The first-order chi connectivity index (χ1) is 10.2. The van der Waals surface area contributed by atoms with E-state index in [9.17, 15) is 0 Å². The van der Waals surface area contributed by atoms with Crippen LogP contribution in [0.5, 0.6) is 0 Å². The summed E-state index contributed by atoms with van der Waals surface area (Å²) in [5.74, 6) is 1.21. The minimum absolute atomic E-state index is 0.331. The van der Waals surface area contributed by atoms with E-state index in [4.69, 9.17) is 4.42 Å². The molecule has 0 saturated heterocycles. The largest absolute Gasteiger partial charge is 0.419 e. The van der Waals surface area contributed by atoms with Gasteiger partial charge < -0.3 is 4.42 Å². The lowest BCUT2D eigenvalue weighted by atomic mass is 10.2. The summed E-state index contributed by atoms with van der Waals surface area (Å²) in [7, 11) is 2.07. The lowest BCUT2D eigenvalue weighted by molar-refractivity contribution is 0.231. The van der Waals surface area contributed by atoms with Gasteiger partial charge in [0.15, 0.2) is 0 Å². The van der Waals surface area contributed by atoms with Crippen LogP contribution < -0.4 is 0 Å². The molecule has 0 spiro atoms. The topological polar surface area (TPSA) is 42.2 Å². The van der Waals surface area contributed by atoms with Crippen LogP contribution in [0, 0.1) is 0 Å². The van der Waals surface area contributed by atoms with Gasteiger partial charge in [-0.25, -0.2) is 0 Å². The van der Waals surface area contributed by atoms with Crippen molar-refractivity contribution < 1.29 is 4.42 Å². The monoisotopic (exact) mass is 299 g/mol. The lowest BCUT2D eigenvalue weighted by Gasteiger charge is -2.21. The Morgan fingerprint density at radius 3 is 2.67 bits per heavy atom. The first-order valence-electron chi connectivity index (χ1n) is 6.85. The molecule has 2 aromatic heterocycles. The molecule has 5 heteroatoms. The van der Waals surface area contributed by atoms with Crippen LogP contribution in [0.15, 0.2) is 52.3 Å². The zero-order chi connectivity index (χ0) is 14.7. The van der Waals surface area contributed by atoms with Crippen molar-refractivity contribution in [2.75, 3.05) is 7.05 Å². The van der Waals surface area contributed by atoms with E-state index in [1.807, 2.05) is 30.3 Å². The van der Waals surface area contributed by atoms with E-state index in [0.717, 1.165) is 5.56 Å². The van der Waals surface area contributed by atoms with Crippen molar-refractivity contribution in [3.8, 4) is 11.5 Å². The van der Waals surface area contributed by atoms with Crippen LogP contribution >= 0.6 is 11.3 Å². The highest BCUT2D eigenvalue weighted by Crippen LogP contribution is 2.25. The number of rotatable bonds is 5. The summed E-state index contributed by atoms with van der Waals surface area (Å²) in [5, 5.41) is 10.4. The summed E-state index contributed by atoms with van der Waals surface area (Å²) in [6.45, 7) is 2.82. The SMILES string of the molecule is CC(c1cccs1)N(C)Cc1nnc(-c2ccccc2)o1. The van der Waals surface area contributed by atoms with Crippen molar-refractivity contribution in [1.29, 1.82) is 0 Å². The van der Waals surface area contributed by atoms with Gasteiger partial charge in [0.25, 0.3) is 0 Å². The molecule has 1 atom stereocenters. The molecule has 0 aliphatic heterocycles.